The molecule has 1 aliphatic rings. The Morgan fingerprint density at radius 2 is 1.87 bits per heavy atom. The Hall–Kier alpha value is -3.94. The number of hydrogen-bond acceptors (Lipinski definition) is 6. The monoisotopic (exact) mass is 408 g/mol. The van der Waals surface area contributed by atoms with Crippen LogP contribution in [-0.4, -0.2) is 30.4 Å². The Kier molecular flexibility index (Phi) is 5.96. The lowest BCUT2D eigenvalue weighted by Crippen LogP contribution is -2.54. The van der Waals surface area contributed by atoms with Crippen LogP contribution in [0.5, 0.6) is 11.5 Å². The van der Waals surface area contributed by atoms with Gasteiger partial charge in [-0.1, -0.05) is 18.2 Å². The summed E-state index contributed by atoms with van der Waals surface area (Å²) in [5, 5.41) is 2.18. The van der Waals surface area contributed by atoms with E-state index in [9.17, 15) is 19.2 Å². The van der Waals surface area contributed by atoms with Crippen LogP contribution in [-0.2, 0) is 14.4 Å². The molecule has 1 N–H and O–H groups in total. The highest BCUT2D eigenvalue weighted by Crippen LogP contribution is 2.30. The maximum atomic E-state index is 13.0. The first kappa shape index (κ1) is 20.8. The molecule has 3 rings (SSSR count). The molecule has 8 heteroatoms. The van der Waals surface area contributed by atoms with Crippen LogP contribution < -0.4 is 19.7 Å². The molecular formula is C22H20N2O6. The quantitative estimate of drug-likeness (QED) is 0.353. The molecule has 8 nitrogen and oxygen atoms in total. The zero-order valence-electron chi connectivity index (χ0n) is 16.7. The van der Waals surface area contributed by atoms with Crippen LogP contribution in [0.15, 0.2) is 48.0 Å². The van der Waals surface area contributed by atoms with Crippen LogP contribution >= 0.6 is 0 Å². The number of carbonyl (C=O) groups excluding carboxylic acids is 4. The number of nitrogens with one attached hydrogen (secondary N) is 1. The summed E-state index contributed by atoms with van der Waals surface area (Å²) < 4.78 is 10.6. The molecule has 1 fully saturated rings. The van der Waals surface area contributed by atoms with Crippen molar-refractivity contribution in [1.29, 1.82) is 0 Å². The topological polar surface area (TPSA) is 102 Å². The summed E-state index contributed by atoms with van der Waals surface area (Å²) in [7, 11) is 0. The Bertz CT molecular complexity index is 1070. The van der Waals surface area contributed by atoms with Gasteiger partial charge in [-0.25, -0.2) is 9.69 Å². The first-order valence-electron chi connectivity index (χ1n) is 9.23. The third-order valence-corrected chi connectivity index (χ3v) is 4.19. The number of ether oxygens (including phenoxy) is 2. The number of imide groups is 2. The van der Waals surface area contributed by atoms with Gasteiger partial charge in [0.15, 0.2) is 11.5 Å². The third-order valence-electron chi connectivity index (χ3n) is 4.19. The average molecular weight is 408 g/mol. The first-order chi connectivity index (χ1) is 14.3. The van der Waals surface area contributed by atoms with Gasteiger partial charge in [-0.05, 0) is 55.3 Å². The molecule has 1 heterocycles. The number of anilines is 1. The van der Waals surface area contributed by atoms with Crippen molar-refractivity contribution in [2.24, 2.45) is 0 Å². The second kappa shape index (κ2) is 8.60. The van der Waals surface area contributed by atoms with Gasteiger partial charge >= 0.3 is 12.0 Å². The van der Waals surface area contributed by atoms with Crippen molar-refractivity contribution in [2.75, 3.05) is 11.5 Å². The summed E-state index contributed by atoms with van der Waals surface area (Å²) in [6, 6.07) is 10.6. The summed E-state index contributed by atoms with van der Waals surface area (Å²) in [6.45, 7) is 5.20. The fraction of sp³-hybridized carbons (Fsp3) is 0.182. The normalized spacial score (nSPS) is 15.2. The number of esters is 1. The standard InChI is InChI=1S/C22H20N2O6/c1-4-29-19-12-15(8-9-18(19)30-14(3)25)11-17-20(26)23-22(28)24(21(17)27)16-7-5-6-13(2)10-16/h5-12H,4H2,1-3H3,(H,23,26,28)/b17-11-. The van der Waals surface area contributed by atoms with Gasteiger partial charge in [-0.15, -0.1) is 0 Å². The molecule has 0 bridgehead atoms. The zero-order valence-corrected chi connectivity index (χ0v) is 16.7. The summed E-state index contributed by atoms with van der Waals surface area (Å²) in [6.07, 6.45) is 1.35. The maximum absolute atomic E-state index is 13.0. The van der Waals surface area contributed by atoms with Crippen LogP contribution in [0, 0.1) is 6.92 Å². The number of aryl methyl sites for hydroxylation is 1. The molecule has 154 valence electrons. The van der Waals surface area contributed by atoms with Crippen molar-refractivity contribution < 1.29 is 28.7 Å². The fourth-order valence-electron chi connectivity index (χ4n) is 2.95. The van der Waals surface area contributed by atoms with Crippen LogP contribution in [0.1, 0.15) is 25.0 Å². The number of carbonyl (C=O) groups is 4. The lowest BCUT2D eigenvalue weighted by molar-refractivity contribution is -0.132. The molecule has 2 aromatic rings. The van der Waals surface area contributed by atoms with Crippen LogP contribution in [0.25, 0.3) is 6.08 Å². The van der Waals surface area contributed by atoms with Gasteiger partial charge in [0, 0.05) is 6.92 Å². The highest BCUT2D eigenvalue weighted by Gasteiger charge is 2.36. The molecule has 0 atom stereocenters. The Balaban J connectivity index is 1.99. The minimum absolute atomic E-state index is 0.209. The van der Waals surface area contributed by atoms with Crippen molar-refractivity contribution in [3.8, 4) is 11.5 Å². The molecule has 0 saturated carbocycles. The highest BCUT2D eigenvalue weighted by molar-refractivity contribution is 6.39. The van der Waals surface area contributed by atoms with E-state index in [0.717, 1.165) is 10.5 Å². The second-order valence-electron chi connectivity index (χ2n) is 6.53. The number of nitrogens with zero attached hydrogens (tertiary/aromatic N) is 1. The maximum Gasteiger partial charge on any atom is 0.335 e. The van der Waals surface area contributed by atoms with Gasteiger partial charge in [0.2, 0.25) is 0 Å². The molecule has 0 radical (unpaired) electrons. The van der Waals surface area contributed by atoms with E-state index in [1.165, 1.54) is 19.1 Å². The largest absolute Gasteiger partial charge is 0.490 e. The van der Waals surface area contributed by atoms with E-state index < -0.39 is 23.8 Å². The molecule has 0 unspecified atom stereocenters. The molecule has 0 aliphatic carbocycles. The summed E-state index contributed by atoms with van der Waals surface area (Å²) in [5.41, 5.74) is 1.47. The fourth-order valence-corrected chi connectivity index (χ4v) is 2.95. The lowest BCUT2D eigenvalue weighted by atomic mass is 10.1. The van der Waals surface area contributed by atoms with E-state index in [4.69, 9.17) is 9.47 Å². The van der Waals surface area contributed by atoms with Crippen molar-refractivity contribution in [2.45, 2.75) is 20.8 Å². The summed E-state index contributed by atoms with van der Waals surface area (Å²) in [5.74, 6) is -1.52. The Labute approximate surface area is 173 Å². The molecule has 2 aromatic carbocycles. The van der Waals surface area contributed by atoms with E-state index in [2.05, 4.69) is 5.32 Å². The molecule has 1 saturated heterocycles. The number of hydrogen-bond donors (Lipinski definition) is 1. The predicted molar refractivity (Wildman–Crippen MR) is 109 cm³/mol. The molecular weight excluding hydrogens is 388 g/mol. The van der Waals surface area contributed by atoms with E-state index in [1.54, 1.807) is 37.3 Å². The van der Waals surface area contributed by atoms with E-state index in [-0.39, 0.29) is 17.1 Å². The van der Waals surface area contributed by atoms with E-state index >= 15 is 0 Å². The number of amides is 4. The number of urea groups is 1. The third kappa shape index (κ3) is 4.38. The van der Waals surface area contributed by atoms with Crippen molar-refractivity contribution in [1.82, 2.24) is 5.32 Å². The van der Waals surface area contributed by atoms with Gasteiger partial charge in [0.05, 0.1) is 12.3 Å². The number of benzene rings is 2. The van der Waals surface area contributed by atoms with E-state index in [0.29, 0.717) is 17.9 Å². The minimum atomic E-state index is -0.812. The van der Waals surface area contributed by atoms with Gasteiger partial charge in [0.25, 0.3) is 11.8 Å². The molecule has 1 aliphatic heterocycles. The van der Waals surface area contributed by atoms with Gasteiger partial charge in [0.1, 0.15) is 5.57 Å². The van der Waals surface area contributed by atoms with Crippen LogP contribution in [0.4, 0.5) is 10.5 Å². The van der Waals surface area contributed by atoms with Crippen molar-refractivity contribution in [3.63, 3.8) is 0 Å². The number of barbiturate groups is 1. The Morgan fingerprint density at radius 3 is 2.53 bits per heavy atom. The Morgan fingerprint density at radius 1 is 1.10 bits per heavy atom. The van der Waals surface area contributed by atoms with E-state index in [1.807, 2.05) is 13.0 Å². The van der Waals surface area contributed by atoms with Gasteiger partial charge in [-0.3, -0.25) is 19.7 Å². The van der Waals surface area contributed by atoms with Crippen molar-refractivity contribution in [3.05, 3.63) is 59.2 Å². The van der Waals surface area contributed by atoms with Crippen LogP contribution in [0.3, 0.4) is 0 Å². The SMILES string of the molecule is CCOc1cc(/C=C2/C(=O)NC(=O)N(c3cccc(C)c3)C2=O)ccc1OC(C)=O. The first-order valence-corrected chi connectivity index (χ1v) is 9.23. The highest BCUT2D eigenvalue weighted by atomic mass is 16.6. The molecule has 0 spiro atoms. The number of rotatable bonds is 5. The molecule has 4 amide bonds. The zero-order chi connectivity index (χ0) is 21.8. The van der Waals surface area contributed by atoms with Gasteiger partial charge in [-0.2, -0.15) is 0 Å². The molecule has 30 heavy (non-hydrogen) atoms. The summed E-state index contributed by atoms with van der Waals surface area (Å²) in [4.78, 5) is 49.8. The lowest BCUT2D eigenvalue weighted by Gasteiger charge is -2.26. The molecule has 0 aromatic heterocycles. The van der Waals surface area contributed by atoms with Crippen LogP contribution in [0.2, 0.25) is 0 Å². The van der Waals surface area contributed by atoms with Gasteiger partial charge < -0.3 is 9.47 Å². The smallest absolute Gasteiger partial charge is 0.335 e. The average Bonchev–Trinajstić information content (AvgIpc) is 2.67. The minimum Gasteiger partial charge on any atom is -0.490 e. The second-order valence-corrected chi connectivity index (χ2v) is 6.53. The summed E-state index contributed by atoms with van der Waals surface area (Å²) >= 11 is 0. The van der Waals surface area contributed by atoms with Crippen molar-refractivity contribution >= 4 is 35.6 Å². The predicted octanol–water partition coefficient (Wildman–Crippen LogP) is 2.99.